The molecule has 2 rings (SSSR count). The number of amides is 2. The van der Waals surface area contributed by atoms with Crippen LogP contribution in [0.1, 0.15) is 31.2 Å². The van der Waals surface area contributed by atoms with E-state index in [9.17, 15) is 19.5 Å². The highest BCUT2D eigenvalue weighted by Crippen LogP contribution is 2.16. The first-order valence-corrected chi connectivity index (χ1v) is 10.1. The Hall–Kier alpha value is -3.83. The van der Waals surface area contributed by atoms with Gasteiger partial charge in [0.2, 0.25) is 5.91 Å². The lowest BCUT2D eigenvalue weighted by atomic mass is 10.1. The van der Waals surface area contributed by atoms with Crippen molar-refractivity contribution >= 4 is 29.6 Å². The lowest BCUT2D eigenvalue weighted by molar-refractivity contribution is -0.139. The van der Waals surface area contributed by atoms with Gasteiger partial charge in [0.1, 0.15) is 18.8 Å². The van der Waals surface area contributed by atoms with E-state index in [4.69, 9.17) is 21.0 Å². The monoisotopic (exact) mass is 448 g/mol. The third-order valence-corrected chi connectivity index (χ3v) is 4.49. The summed E-state index contributed by atoms with van der Waals surface area (Å²) in [5.74, 6) is -1.65. The molecule has 12 nitrogen and oxygen atoms in total. The number of benzene rings is 1. The maximum atomic E-state index is 12.1. The average molecular weight is 448 g/mol. The molecule has 0 bridgehead atoms. The van der Waals surface area contributed by atoms with Crippen LogP contribution < -0.4 is 22.1 Å². The van der Waals surface area contributed by atoms with Crippen LogP contribution >= 0.6 is 0 Å². The molecule has 0 radical (unpaired) electrons. The van der Waals surface area contributed by atoms with Gasteiger partial charge in [-0.25, -0.2) is 9.59 Å². The first kappa shape index (κ1) is 24.4. The van der Waals surface area contributed by atoms with Gasteiger partial charge in [0, 0.05) is 32.4 Å². The van der Waals surface area contributed by atoms with E-state index >= 15 is 0 Å². The van der Waals surface area contributed by atoms with Gasteiger partial charge < -0.3 is 36.8 Å². The Bertz CT molecular complexity index is 840. The molecule has 32 heavy (non-hydrogen) atoms. The number of hydrogen-bond acceptors (Lipinski definition) is 7. The van der Waals surface area contributed by atoms with Gasteiger partial charge in [-0.3, -0.25) is 9.79 Å². The Morgan fingerprint density at radius 2 is 2.03 bits per heavy atom. The van der Waals surface area contributed by atoms with Gasteiger partial charge >= 0.3 is 12.1 Å². The second-order valence-corrected chi connectivity index (χ2v) is 7.09. The van der Waals surface area contributed by atoms with E-state index in [1.807, 2.05) is 6.07 Å². The molecular formula is C20H28N6O6. The SMILES string of the molecule is NC(N)=NCCC1CC(CCC(=O)NC[C@H](NC(=O)OCc2ccccc2)C(=O)O)=NO1. The predicted octanol–water partition coefficient (Wildman–Crippen LogP) is 0.0708. The molecule has 0 aliphatic carbocycles. The van der Waals surface area contributed by atoms with Crippen molar-refractivity contribution in [2.45, 2.75) is 44.4 Å². The molecule has 0 spiro atoms. The number of guanidine groups is 1. The molecule has 1 unspecified atom stereocenters. The van der Waals surface area contributed by atoms with Crippen LogP contribution in [-0.2, 0) is 25.8 Å². The van der Waals surface area contributed by atoms with Crippen molar-refractivity contribution < 1.29 is 29.1 Å². The Morgan fingerprint density at radius 1 is 1.28 bits per heavy atom. The molecule has 1 aromatic carbocycles. The number of carboxylic acids is 1. The fraction of sp³-hybridized carbons (Fsp3) is 0.450. The van der Waals surface area contributed by atoms with Gasteiger partial charge in [-0.15, -0.1) is 0 Å². The zero-order chi connectivity index (χ0) is 23.3. The van der Waals surface area contributed by atoms with Crippen molar-refractivity contribution in [3.05, 3.63) is 35.9 Å². The second kappa shape index (κ2) is 12.8. The molecule has 0 fully saturated rings. The van der Waals surface area contributed by atoms with Gasteiger partial charge in [-0.1, -0.05) is 35.5 Å². The lowest BCUT2D eigenvalue weighted by Gasteiger charge is -2.15. The summed E-state index contributed by atoms with van der Waals surface area (Å²) in [5.41, 5.74) is 12.0. The molecule has 12 heteroatoms. The normalized spacial score (nSPS) is 15.6. The van der Waals surface area contributed by atoms with E-state index in [1.165, 1.54) is 0 Å². The number of oxime groups is 1. The van der Waals surface area contributed by atoms with Gasteiger partial charge in [-0.2, -0.15) is 0 Å². The summed E-state index contributed by atoms with van der Waals surface area (Å²) in [6.07, 6.45) is 0.615. The third kappa shape index (κ3) is 9.32. The maximum Gasteiger partial charge on any atom is 0.408 e. The molecule has 174 valence electrons. The summed E-state index contributed by atoms with van der Waals surface area (Å²) in [7, 11) is 0. The molecular weight excluding hydrogens is 420 g/mol. The number of ether oxygens (including phenoxy) is 1. The quantitative estimate of drug-likeness (QED) is 0.219. The van der Waals surface area contributed by atoms with E-state index in [2.05, 4.69) is 20.8 Å². The minimum absolute atomic E-state index is 0.00249. The number of alkyl carbamates (subject to hydrolysis) is 1. The summed E-state index contributed by atoms with van der Waals surface area (Å²) in [6, 6.07) is 7.63. The average Bonchev–Trinajstić information content (AvgIpc) is 3.21. The first-order valence-electron chi connectivity index (χ1n) is 10.1. The highest BCUT2D eigenvalue weighted by Gasteiger charge is 2.23. The topological polar surface area (TPSA) is 191 Å². The van der Waals surface area contributed by atoms with Crippen LogP contribution in [0, 0.1) is 0 Å². The van der Waals surface area contributed by atoms with E-state index in [-0.39, 0.29) is 37.5 Å². The molecule has 1 aliphatic rings. The molecule has 0 saturated carbocycles. The Morgan fingerprint density at radius 3 is 2.72 bits per heavy atom. The number of rotatable bonds is 12. The molecule has 1 heterocycles. The standard InChI is InChI=1S/C20H28N6O6/c21-19(22)23-9-8-15-10-14(26-32-15)6-7-17(27)24-11-16(18(28)29)25-20(30)31-12-13-4-2-1-3-5-13/h1-5,15-16H,6-12H2,(H,24,27)(H,25,30)(H,28,29)(H4,21,22,23)/t15?,16-/m0/s1. The zero-order valence-electron chi connectivity index (χ0n) is 17.5. The van der Waals surface area contributed by atoms with Crippen molar-refractivity contribution in [1.82, 2.24) is 10.6 Å². The largest absolute Gasteiger partial charge is 0.480 e. The molecule has 0 saturated heterocycles. The van der Waals surface area contributed by atoms with Crippen LogP contribution in [0.2, 0.25) is 0 Å². The molecule has 1 aromatic rings. The summed E-state index contributed by atoms with van der Waals surface area (Å²) in [6.45, 7) is 0.148. The number of carboxylic acid groups (broad SMARTS) is 1. The fourth-order valence-electron chi connectivity index (χ4n) is 2.80. The molecule has 2 amide bonds. The Labute approximate surface area is 185 Å². The van der Waals surface area contributed by atoms with Gasteiger partial charge in [0.15, 0.2) is 5.96 Å². The van der Waals surface area contributed by atoms with Crippen LogP contribution in [0.15, 0.2) is 40.5 Å². The predicted molar refractivity (Wildman–Crippen MR) is 116 cm³/mol. The van der Waals surface area contributed by atoms with Gasteiger partial charge in [0.05, 0.1) is 5.71 Å². The molecule has 1 aliphatic heterocycles. The van der Waals surface area contributed by atoms with Crippen molar-refractivity contribution in [2.75, 3.05) is 13.1 Å². The number of hydrogen-bond donors (Lipinski definition) is 5. The highest BCUT2D eigenvalue weighted by atomic mass is 16.6. The smallest absolute Gasteiger partial charge is 0.408 e. The second-order valence-electron chi connectivity index (χ2n) is 7.09. The number of carbonyl (C=O) groups excluding carboxylic acids is 2. The van der Waals surface area contributed by atoms with E-state index in [1.54, 1.807) is 24.3 Å². The highest BCUT2D eigenvalue weighted by molar-refractivity contribution is 5.89. The Kier molecular flexibility index (Phi) is 9.75. The van der Waals surface area contributed by atoms with Gasteiger partial charge in [0.25, 0.3) is 0 Å². The van der Waals surface area contributed by atoms with Crippen LogP contribution in [-0.4, -0.2) is 60.0 Å². The van der Waals surface area contributed by atoms with E-state index in [0.717, 1.165) is 11.3 Å². The summed E-state index contributed by atoms with van der Waals surface area (Å²) in [5, 5.41) is 17.9. The summed E-state index contributed by atoms with van der Waals surface area (Å²) in [4.78, 5) is 44.4. The van der Waals surface area contributed by atoms with Crippen molar-refractivity contribution in [3.63, 3.8) is 0 Å². The minimum Gasteiger partial charge on any atom is -0.480 e. The van der Waals surface area contributed by atoms with Gasteiger partial charge in [-0.05, 0) is 12.0 Å². The number of nitrogens with one attached hydrogen (secondary N) is 2. The van der Waals surface area contributed by atoms with Crippen molar-refractivity contribution in [1.29, 1.82) is 0 Å². The Balaban J connectivity index is 1.65. The minimum atomic E-state index is -1.32. The number of carbonyl (C=O) groups is 3. The van der Waals surface area contributed by atoms with Crippen LogP contribution in [0.4, 0.5) is 4.79 Å². The molecule has 0 aromatic heterocycles. The van der Waals surface area contributed by atoms with Crippen molar-refractivity contribution in [2.24, 2.45) is 21.6 Å². The molecule has 2 atom stereocenters. The molecule has 7 N–H and O–H groups in total. The lowest BCUT2D eigenvalue weighted by Crippen LogP contribution is -2.48. The summed E-state index contributed by atoms with van der Waals surface area (Å²) < 4.78 is 5.00. The fourth-order valence-corrected chi connectivity index (χ4v) is 2.80. The van der Waals surface area contributed by atoms with Crippen LogP contribution in [0.3, 0.4) is 0 Å². The number of nitrogens with two attached hydrogens (primary N) is 2. The zero-order valence-corrected chi connectivity index (χ0v) is 17.5. The third-order valence-electron chi connectivity index (χ3n) is 4.49. The summed E-state index contributed by atoms with van der Waals surface area (Å²) >= 11 is 0. The van der Waals surface area contributed by atoms with Crippen LogP contribution in [0.5, 0.6) is 0 Å². The van der Waals surface area contributed by atoms with Crippen LogP contribution in [0.25, 0.3) is 0 Å². The number of aliphatic carboxylic acids is 1. The number of nitrogens with zero attached hydrogens (tertiary/aromatic N) is 2. The first-order chi connectivity index (χ1) is 15.3. The van der Waals surface area contributed by atoms with E-state index < -0.39 is 18.1 Å². The van der Waals surface area contributed by atoms with E-state index in [0.29, 0.717) is 25.8 Å². The van der Waals surface area contributed by atoms with Crippen molar-refractivity contribution in [3.8, 4) is 0 Å². The maximum absolute atomic E-state index is 12.1. The number of aliphatic imine (C=N–C) groups is 1.